The molecule has 3 nitrogen and oxygen atoms in total. The summed E-state index contributed by atoms with van der Waals surface area (Å²) in [7, 11) is 0. The smallest absolute Gasteiger partial charge is 0.0484 e. The van der Waals surface area contributed by atoms with Gasteiger partial charge < -0.3 is 0 Å². The predicted molar refractivity (Wildman–Crippen MR) is 52.6 cm³/mol. The molecule has 4 heteroatoms. The van der Waals surface area contributed by atoms with Gasteiger partial charge in [-0.3, -0.25) is 4.98 Å². The van der Waals surface area contributed by atoms with Gasteiger partial charge >= 0.3 is 0 Å². The molecule has 0 atom stereocenters. The zero-order valence-electron chi connectivity index (χ0n) is 6.42. The van der Waals surface area contributed by atoms with E-state index in [0.717, 1.165) is 0 Å². The summed E-state index contributed by atoms with van der Waals surface area (Å²) in [6.07, 6.45) is 7.08. The molecule has 0 radical (unpaired) electrons. The van der Waals surface area contributed by atoms with Gasteiger partial charge in [-0.15, -0.1) is 0 Å². The van der Waals surface area contributed by atoms with Crippen LogP contribution in [-0.2, 0) is 0 Å². The number of pyridine rings is 1. The maximum atomic E-state index is 3.78. The lowest BCUT2D eigenvalue weighted by molar-refractivity contribution is 1.13. The Morgan fingerprint density at radius 2 is 1.92 bits per heavy atom. The van der Waals surface area contributed by atoms with Crippen LogP contribution in [0.5, 0.6) is 0 Å². The van der Waals surface area contributed by atoms with Crippen molar-refractivity contribution in [2.75, 3.05) is 0 Å². The van der Waals surface area contributed by atoms with Gasteiger partial charge in [0, 0.05) is 18.6 Å². The summed E-state index contributed by atoms with van der Waals surface area (Å²) in [4.78, 5) is 6.47. The zero-order chi connectivity index (χ0) is 8.49. The fourth-order valence-electron chi connectivity index (χ4n) is 0.521. The van der Waals surface area contributed by atoms with Gasteiger partial charge in [0.15, 0.2) is 0 Å². The highest BCUT2D eigenvalue weighted by molar-refractivity contribution is 8.00. The van der Waals surface area contributed by atoms with Gasteiger partial charge in [0.05, 0.1) is 0 Å². The van der Waals surface area contributed by atoms with Crippen molar-refractivity contribution in [3.63, 3.8) is 0 Å². The molecule has 2 heterocycles. The maximum absolute atomic E-state index is 3.78. The van der Waals surface area contributed by atoms with Crippen molar-refractivity contribution >= 4 is 18.2 Å². The van der Waals surface area contributed by atoms with Gasteiger partial charge in [-0.05, 0) is 35.6 Å². The maximum Gasteiger partial charge on any atom is 0.0484 e. The van der Waals surface area contributed by atoms with E-state index in [1.54, 1.807) is 18.6 Å². The highest BCUT2D eigenvalue weighted by Crippen LogP contribution is 1.95. The van der Waals surface area contributed by atoms with E-state index in [9.17, 15) is 0 Å². The summed E-state index contributed by atoms with van der Waals surface area (Å²) in [6.45, 7) is 0. The van der Waals surface area contributed by atoms with E-state index in [0.29, 0.717) is 0 Å². The van der Waals surface area contributed by atoms with Crippen LogP contribution >= 0.6 is 11.9 Å². The van der Waals surface area contributed by atoms with E-state index >= 15 is 0 Å². The molecule has 12 heavy (non-hydrogen) atoms. The summed E-state index contributed by atoms with van der Waals surface area (Å²) >= 11 is 1.47. The van der Waals surface area contributed by atoms with Gasteiger partial charge in [-0.1, -0.05) is 6.07 Å². The van der Waals surface area contributed by atoms with Crippen molar-refractivity contribution in [2.24, 2.45) is 5.10 Å². The van der Waals surface area contributed by atoms with Gasteiger partial charge in [0.25, 0.3) is 0 Å². The Morgan fingerprint density at radius 1 is 1.08 bits per heavy atom. The Balaban J connectivity index is 0.000000120. The van der Waals surface area contributed by atoms with Crippen molar-refractivity contribution in [3.8, 4) is 0 Å². The molecule has 0 fully saturated rings. The third kappa shape index (κ3) is 4.51. The molecule has 1 aromatic heterocycles. The first-order chi connectivity index (χ1) is 6.00. The van der Waals surface area contributed by atoms with Crippen LogP contribution in [0.25, 0.3) is 0 Å². The quantitative estimate of drug-likeness (QED) is 0.617. The van der Waals surface area contributed by atoms with Crippen LogP contribution in [0.4, 0.5) is 0 Å². The largest absolute Gasteiger partial charge is 0.265 e. The Labute approximate surface area is 75.7 Å². The van der Waals surface area contributed by atoms with E-state index in [-0.39, 0.29) is 0 Å². The Hall–Kier alpha value is -1.29. The molecule has 0 aliphatic carbocycles. The molecule has 0 saturated heterocycles. The number of nitrogens with zero attached hydrogens (tertiary/aromatic N) is 2. The first-order valence-corrected chi connectivity index (χ1v) is 4.32. The summed E-state index contributed by atoms with van der Waals surface area (Å²) in [6, 6.07) is 5.72. The highest BCUT2D eigenvalue weighted by atomic mass is 32.2. The predicted octanol–water partition coefficient (Wildman–Crippen LogP) is 1.82. The van der Waals surface area contributed by atoms with Crippen molar-refractivity contribution in [1.82, 2.24) is 9.82 Å². The standard InChI is InChI=1S/C5H5N.C3H4N2S/c1-2-4-6-5-3-1;1-2-4-5-6-3-1/h1-5H;1-3,5H. The van der Waals surface area contributed by atoms with Crippen LogP contribution < -0.4 is 4.83 Å². The van der Waals surface area contributed by atoms with Crippen LogP contribution in [0.15, 0.2) is 47.2 Å². The van der Waals surface area contributed by atoms with E-state index < -0.39 is 0 Å². The molecule has 0 spiro atoms. The van der Waals surface area contributed by atoms with Crippen LogP contribution in [0.2, 0.25) is 0 Å². The lowest BCUT2D eigenvalue weighted by Gasteiger charge is -1.92. The molecule has 2 rings (SSSR count). The van der Waals surface area contributed by atoms with Crippen molar-refractivity contribution in [2.45, 2.75) is 0 Å². The lowest BCUT2D eigenvalue weighted by Crippen LogP contribution is -1.91. The number of hydrogen-bond donors (Lipinski definition) is 1. The molecule has 62 valence electrons. The van der Waals surface area contributed by atoms with Crippen LogP contribution in [0.1, 0.15) is 0 Å². The molecule has 0 saturated carbocycles. The van der Waals surface area contributed by atoms with Gasteiger partial charge in [-0.2, -0.15) is 5.10 Å². The van der Waals surface area contributed by atoms with Gasteiger partial charge in [0.2, 0.25) is 0 Å². The van der Waals surface area contributed by atoms with Crippen LogP contribution in [-0.4, -0.2) is 11.2 Å². The third-order valence-corrected chi connectivity index (χ3v) is 1.48. The molecule has 0 bridgehead atoms. The van der Waals surface area contributed by atoms with Crippen LogP contribution in [0.3, 0.4) is 0 Å². The molecular formula is C8H9N3S. The first-order valence-electron chi connectivity index (χ1n) is 3.44. The number of hydrazone groups is 1. The molecule has 1 aliphatic rings. The highest BCUT2D eigenvalue weighted by Gasteiger charge is 1.75. The summed E-state index contributed by atoms with van der Waals surface area (Å²) in [5.74, 6) is 0. The second-order valence-electron chi connectivity index (χ2n) is 1.84. The number of nitrogens with one attached hydrogen (secondary N) is 1. The average Bonchev–Trinajstić information content (AvgIpc) is 2.24. The van der Waals surface area contributed by atoms with Crippen molar-refractivity contribution < 1.29 is 0 Å². The van der Waals surface area contributed by atoms with Gasteiger partial charge in [-0.25, -0.2) is 4.83 Å². The van der Waals surface area contributed by atoms with E-state index in [4.69, 9.17) is 0 Å². The number of hydrogen-bond acceptors (Lipinski definition) is 4. The Kier molecular flexibility index (Phi) is 4.71. The minimum Gasteiger partial charge on any atom is -0.265 e. The molecule has 1 N–H and O–H groups in total. The molecule has 0 aromatic carbocycles. The summed E-state index contributed by atoms with van der Waals surface area (Å²) in [5, 5.41) is 5.60. The van der Waals surface area contributed by atoms with E-state index in [1.165, 1.54) is 11.9 Å². The van der Waals surface area contributed by atoms with E-state index in [2.05, 4.69) is 14.9 Å². The topological polar surface area (TPSA) is 37.3 Å². The Bertz CT molecular complexity index is 207. The SMILES string of the molecule is C1=CSNN=C1.c1ccncc1. The van der Waals surface area contributed by atoms with Gasteiger partial charge in [0.1, 0.15) is 0 Å². The molecule has 1 aliphatic heterocycles. The second-order valence-corrected chi connectivity index (χ2v) is 2.53. The van der Waals surface area contributed by atoms with Crippen molar-refractivity contribution in [3.05, 3.63) is 42.1 Å². The minimum absolute atomic E-state index is 1.47. The molecule has 1 aromatic rings. The molecule has 0 amide bonds. The summed E-state index contributed by atoms with van der Waals surface area (Å²) in [5.41, 5.74) is 0. The van der Waals surface area contributed by atoms with E-state index in [1.807, 2.05) is 29.7 Å². The first kappa shape index (κ1) is 8.80. The average molecular weight is 179 g/mol. The number of allylic oxidation sites excluding steroid dienone is 1. The second kappa shape index (κ2) is 6.42. The molecule has 0 unspecified atom stereocenters. The monoisotopic (exact) mass is 179 g/mol. The minimum atomic E-state index is 1.47. The fourth-order valence-corrected chi connectivity index (χ4v) is 0.853. The lowest BCUT2D eigenvalue weighted by atomic mass is 10.5. The Morgan fingerprint density at radius 3 is 2.08 bits per heavy atom. The fraction of sp³-hybridized carbons (Fsp3) is 0. The van der Waals surface area contributed by atoms with Crippen molar-refractivity contribution in [1.29, 1.82) is 0 Å². The van der Waals surface area contributed by atoms with Crippen LogP contribution in [0, 0.1) is 0 Å². The third-order valence-electron chi connectivity index (χ3n) is 0.979. The molecular weight excluding hydrogens is 170 g/mol. The number of rotatable bonds is 0. The normalized spacial score (nSPS) is 12.7. The zero-order valence-corrected chi connectivity index (χ0v) is 7.24. The summed E-state index contributed by atoms with van der Waals surface area (Å²) < 4.78 is 0. The number of aromatic nitrogens is 1.